The quantitative estimate of drug-likeness (QED) is 0.626. The first-order valence-corrected chi connectivity index (χ1v) is 9.26. The lowest BCUT2D eigenvalue weighted by atomic mass is 10.2. The first kappa shape index (κ1) is 17.1. The molecule has 1 aliphatic heterocycles. The maximum atomic E-state index is 12.7. The molecule has 26 heavy (non-hydrogen) atoms. The highest BCUT2D eigenvalue weighted by atomic mass is 35.5. The van der Waals surface area contributed by atoms with E-state index in [0.29, 0.717) is 16.6 Å². The highest BCUT2D eigenvalue weighted by Gasteiger charge is 2.31. The minimum Gasteiger partial charge on any atom is -0.340 e. The summed E-state index contributed by atoms with van der Waals surface area (Å²) < 4.78 is 0. The van der Waals surface area contributed by atoms with Crippen molar-refractivity contribution in [3.8, 4) is 0 Å². The molecule has 1 atom stereocenters. The van der Waals surface area contributed by atoms with Gasteiger partial charge in [-0.1, -0.05) is 47.5 Å². The smallest absolute Gasteiger partial charge is 0.247 e. The maximum absolute atomic E-state index is 12.7. The summed E-state index contributed by atoms with van der Waals surface area (Å²) in [6, 6.07) is 13.2. The summed E-state index contributed by atoms with van der Waals surface area (Å²) in [5.41, 5.74) is 2.64. The molecule has 1 saturated heterocycles. The molecule has 0 unspecified atom stereocenters. The molecule has 0 spiro atoms. The van der Waals surface area contributed by atoms with Crippen LogP contribution in [0.2, 0.25) is 10.0 Å². The number of benzene rings is 2. The van der Waals surface area contributed by atoms with Gasteiger partial charge < -0.3 is 9.88 Å². The summed E-state index contributed by atoms with van der Waals surface area (Å²) in [5, 5.41) is 0.927. The number of nitrogens with zero attached hydrogens (tertiary/aromatic N) is 2. The minimum absolute atomic E-state index is 0.0330. The van der Waals surface area contributed by atoms with Gasteiger partial charge in [-0.15, -0.1) is 0 Å². The molecule has 1 fully saturated rings. The fourth-order valence-electron chi connectivity index (χ4n) is 3.35. The van der Waals surface area contributed by atoms with Crippen LogP contribution >= 0.6 is 23.2 Å². The van der Waals surface area contributed by atoms with Crippen LogP contribution < -0.4 is 0 Å². The molecule has 0 bridgehead atoms. The van der Waals surface area contributed by atoms with Crippen molar-refractivity contribution in [3.05, 3.63) is 70.0 Å². The van der Waals surface area contributed by atoms with Crippen molar-refractivity contribution in [2.45, 2.75) is 18.9 Å². The molecule has 2 aromatic carbocycles. The monoisotopic (exact) mass is 385 g/mol. The van der Waals surface area contributed by atoms with Gasteiger partial charge in [-0.2, -0.15) is 0 Å². The Morgan fingerprint density at radius 3 is 2.88 bits per heavy atom. The summed E-state index contributed by atoms with van der Waals surface area (Å²) in [4.78, 5) is 22.6. The third-order valence-electron chi connectivity index (χ3n) is 4.65. The molecular weight excluding hydrogens is 369 g/mol. The summed E-state index contributed by atoms with van der Waals surface area (Å²) in [6.07, 6.45) is 5.12. The van der Waals surface area contributed by atoms with Gasteiger partial charge in [0.2, 0.25) is 5.91 Å². The Hall–Kier alpha value is -2.30. The van der Waals surface area contributed by atoms with E-state index in [-0.39, 0.29) is 11.9 Å². The van der Waals surface area contributed by atoms with E-state index in [9.17, 15) is 4.79 Å². The summed E-state index contributed by atoms with van der Waals surface area (Å²) in [6.45, 7) is 0.716. The normalized spacial score (nSPS) is 17.5. The number of amides is 1. The lowest BCUT2D eigenvalue weighted by molar-refractivity contribution is -0.126. The highest BCUT2D eigenvalue weighted by Crippen LogP contribution is 2.32. The predicted octanol–water partition coefficient (Wildman–Crippen LogP) is 5.25. The first-order chi connectivity index (χ1) is 12.6. The average molecular weight is 386 g/mol. The summed E-state index contributed by atoms with van der Waals surface area (Å²) in [7, 11) is 0. The second-order valence-electron chi connectivity index (χ2n) is 6.31. The number of carbonyl (C=O) groups is 1. The van der Waals surface area contributed by atoms with Gasteiger partial charge in [0.1, 0.15) is 5.82 Å². The fraction of sp³-hybridized carbons (Fsp3) is 0.200. The van der Waals surface area contributed by atoms with E-state index >= 15 is 0 Å². The van der Waals surface area contributed by atoms with Gasteiger partial charge in [-0.05, 0) is 42.7 Å². The van der Waals surface area contributed by atoms with E-state index in [0.717, 1.165) is 35.3 Å². The van der Waals surface area contributed by atoms with E-state index in [1.807, 2.05) is 41.3 Å². The largest absolute Gasteiger partial charge is 0.340 e. The Morgan fingerprint density at radius 1 is 1.19 bits per heavy atom. The van der Waals surface area contributed by atoms with Crippen molar-refractivity contribution < 1.29 is 4.79 Å². The number of carbonyl (C=O) groups excluding carboxylic acids is 1. The number of hydrogen-bond acceptors (Lipinski definition) is 2. The minimum atomic E-state index is -0.0519. The van der Waals surface area contributed by atoms with Crippen LogP contribution in [0.25, 0.3) is 17.1 Å². The Balaban J connectivity index is 1.57. The van der Waals surface area contributed by atoms with Crippen molar-refractivity contribution in [1.82, 2.24) is 14.9 Å². The summed E-state index contributed by atoms with van der Waals surface area (Å²) in [5.74, 6) is 0.787. The van der Waals surface area contributed by atoms with Crippen molar-refractivity contribution in [3.63, 3.8) is 0 Å². The fourth-order valence-corrected chi connectivity index (χ4v) is 3.72. The number of nitrogens with one attached hydrogen (secondary N) is 1. The van der Waals surface area contributed by atoms with Crippen molar-refractivity contribution >= 4 is 46.2 Å². The molecule has 2 heterocycles. The molecular formula is C20H17Cl2N3O. The van der Waals surface area contributed by atoms with E-state index in [2.05, 4.69) is 9.97 Å². The lowest BCUT2D eigenvalue weighted by Gasteiger charge is -2.21. The zero-order valence-corrected chi connectivity index (χ0v) is 15.5. The number of para-hydroxylation sites is 2. The van der Waals surface area contributed by atoms with Gasteiger partial charge >= 0.3 is 0 Å². The second kappa shape index (κ2) is 7.14. The van der Waals surface area contributed by atoms with Gasteiger partial charge in [0, 0.05) is 12.6 Å². The van der Waals surface area contributed by atoms with Crippen LogP contribution in [0.5, 0.6) is 0 Å². The van der Waals surface area contributed by atoms with Crippen LogP contribution in [0, 0.1) is 0 Å². The topological polar surface area (TPSA) is 49.0 Å². The number of H-pyrrole nitrogens is 1. The van der Waals surface area contributed by atoms with Gasteiger partial charge in [-0.3, -0.25) is 4.79 Å². The number of aromatic amines is 1. The number of likely N-dealkylation sites (tertiary alicyclic amines) is 1. The van der Waals surface area contributed by atoms with Gasteiger partial charge in [0.15, 0.2) is 0 Å². The number of rotatable bonds is 3. The van der Waals surface area contributed by atoms with E-state index < -0.39 is 0 Å². The third-order valence-corrected chi connectivity index (χ3v) is 5.48. The lowest BCUT2D eigenvalue weighted by Crippen LogP contribution is -2.29. The molecule has 4 rings (SSSR count). The Bertz CT molecular complexity index is 963. The van der Waals surface area contributed by atoms with E-state index in [1.165, 1.54) is 0 Å². The summed E-state index contributed by atoms with van der Waals surface area (Å²) >= 11 is 12.2. The molecule has 3 aromatic rings. The van der Waals surface area contributed by atoms with E-state index in [4.69, 9.17) is 23.2 Å². The molecule has 1 aromatic heterocycles. The average Bonchev–Trinajstić information content (AvgIpc) is 3.29. The Kier molecular flexibility index (Phi) is 4.70. The number of halogens is 2. The van der Waals surface area contributed by atoms with Gasteiger partial charge in [0.25, 0.3) is 0 Å². The standard InChI is InChI=1S/C20H17Cl2N3O/c21-14-6-3-5-13(19(14)22)10-11-18(26)25-12-4-9-17(25)20-23-15-7-1-2-8-16(15)24-20/h1-3,5-8,10-11,17H,4,9,12H2,(H,23,24)/b11-10+/t17-/m0/s1. The highest BCUT2D eigenvalue weighted by molar-refractivity contribution is 6.42. The molecule has 1 N–H and O–H groups in total. The second-order valence-corrected chi connectivity index (χ2v) is 7.09. The molecule has 4 nitrogen and oxygen atoms in total. The SMILES string of the molecule is O=C(/C=C/c1cccc(Cl)c1Cl)N1CCC[C@H]1c1nc2ccccc2[nH]1. The number of imidazole rings is 1. The molecule has 1 amide bonds. The zero-order chi connectivity index (χ0) is 18.1. The van der Waals surface area contributed by atoms with Crippen LogP contribution in [0.15, 0.2) is 48.5 Å². The van der Waals surface area contributed by atoms with Crippen LogP contribution in [0.3, 0.4) is 0 Å². The third kappa shape index (κ3) is 3.22. The maximum Gasteiger partial charge on any atom is 0.247 e. The first-order valence-electron chi connectivity index (χ1n) is 8.51. The predicted molar refractivity (Wildman–Crippen MR) is 105 cm³/mol. The number of fused-ring (bicyclic) bond motifs is 1. The molecule has 0 radical (unpaired) electrons. The van der Waals surface area contributed by atoms with Gasteiger partial charge in [0.05, 0.1) is 27.1 Å². The molecule has 132 valence electrons. The van der Waals surface area contributed by atoms with Crippen molar-refractivity contribution in [1.29, 1.82) is 0 Å². The van der Waals surface area contributed by atoms with Gasteiger partial charge in [-0.25, -0.2) is 4.98 Å². The molecule has 1 aliphatic rings. The zero-order valence-electron chi connectivity index (χ0n) is 14.0. The number of aromatic nitrogens is 2. The van der Waals surface area contributed by atoms with Crippen LogP contribution in [-0.4, -0.2) is 27.3 Å². The molecule has 0 saturated carbocycles. The van der Waals surface area contributed by atoms with Crippen LogP contribution in [0.1, 0.15) is 30.3 Å². The molecule has 0 aliphatic carbocycles. The Labute approximate surface area is 161 Å². The van der Waals surface area contributed by atoms with Crippen LogP contribution in [-0.2, 0) is 4.79 Å². The van der Waals surface area contributed by atoms with Crippen LogP contribution in [0.4, 0.5) is 0 Å². The number of hydrogen-bond donors (Lipinski definition) is 1. The van der Waals surface area contributed by atoms with Crippen molar-refractivity contribution in [2.24, 2.45) is 0 Å². The molecule has 6 heteroatoms. The van der Waals surface area contributed by atoms with E-state index in [1.54, 1.807) is 18.2 Å². The van der Waals surface area contributed by atoms with Crippen molar-refractivity contribution in [2.75, 3.05) is 6.54 Å². The Morgan fingerprint density at radius 2 is 2.04 bits per heavy atom.